The summed E-state index contributed by atoms with van der Waals surface area (Å²) in [5.74, 6) is -2.16. The standard InChI is InChI=1S/C16H15BrFN3O4S/c1-21(14(15(19)22)9-3-2-4-10(18)7-9)16(23)12-8-11(26(20,24)25)5-6-13(12)17/h2-8,14H,1H3,(H2,19,22)(H2,20,24,25). The van der Waals surface area contributed by atoms with E-state index < -0.39 is 33.7 Å². The fourth-order valence-corrected chi connectivity index (χ4v) is 3.36. The number of carbonyl (C=O) groups is 2. The topological polar surface area (TPSA) is 124 Å². The first kappa shape index (κ1) is 20.0. The van der Waals surface area contributed by atoms with Crippen molar-refractivity contribution in [1.82, 2.24) is 4.90 Å². The number of rotatable bonds is 5. The van der Waals surface area contributed by atoms with E-state index in [0.29, 0.717) is 4.47 Å². The number of sulfonamides is 1. The van der Waals surface area contributed by atoms with E-state index in [9.17, 15) is 22.4 Å². The molecule has 0 fully saturated rings. The highest BCUT2D eigenvalue weighted by atomic mass is 79.9. The van der Waals surface area contributed by atoms with Crippen LogP contribution in [0.15, 0.2) is 51.8 Å². The lowest BCUT2D eigenvalue weighted by Gasteiger charge is -2.26. The van der Waals surface area contributed by atoms with Gasteiger partial charge in [0.25, 0.3) is 5.91 Å². The van der Waals surface area contributed by atoms with Crippen LogP contribution in [0, 0.1) is 5.82 Å². The molecule has 7 nitrogen and oxygen atoms in total. The highest BCUT2D eigenvalue weighted by Gasteiger charge is 2.29. The molecule has 0 aliphatic carbocycles. The van der Waals surface area contributed by atoms with Crippen molar-refractivity contribution in [3.05, 3.63) is 63.9 Å². The quantitative estimate of drug-likeness (QED) is 0.726. The molecule has 4 N–H and O–H groups in total. The number of hydrogen-bond acceptors (Lipinski definition) is 4. The van der Waals surface area contributed by atoms with Crippen LogP contribution in [0.4, 0.5) is 4.39 Å². The minimum absolute atomic E-state index is 0.0401. The Hall–Kier alpha value is -2.30. The average Bonchev–Trinajstić information content (AvgIpc) is 2.53. The van der Waals surface area contributed by atoms with Gasteiger partial charge in [0.15, 0.2) is 0 Å². The first-order valence-corrected chi connectivity index (χ1v) is 9.50. The second-order valence-electron chi connectivity index (χ2n) is 5.46. The van der Waals surface area contributed by atoms with E-state index in [4.69, 9.17) is 10.9 Å². The maximum absolute atomic E-state index is 13.5. The number of carbonyl (C=O) groups excluding carboxylic acids is 2. The molecule has 2 aromatic carbocycles. The number of halogens is 2. The lowest BCUT2D eigenvalue weighted by atomic mass is 10.0. The smallest absolute Gasteiger partial charge is 0.255 e. The van der Waals surface area contributed by atoms with Crippen LogP contribution in [0.25, 0.3) is 0 Å². The number of benzene rings is 2. The Morgan fingerprint density at radius 2 is 1.85 bits per heavy atom. The molecule has 0 bridgehead atoms. The third-order valence-corrected chi connectivity index (χ3v) is 5.24. The largest absolute Gasteiger partial charge is 0.368 e. The van der Waals surface area contributed by atoms with E-state index in [-0.39, 0.29) is 16.0 Å². The molecule has 1 unspecified atom stereocenters. The third-order valence-electron chi connectivity index (χ3n) is 3.64. The zero-order valence-electron chi connectivity index (χ0n) is 13.5. The summed E-state index contributed by atoms with van der Waals surface area (Å²) < 4.78 is 36.8. The van der Waals surface area contributed by atoms with Gasteiger partial charge in [0.05, 0.1) is 10.5 Å². The van der Waals surface area contributed by atoms with Crippen molar-refractivity contribution in [2.45, 2.75) is 10.9 Å². The van der Waals surface area contributed by atoms with Crippen LogP contribution in [0.5, 0.6) is 0 Å². The van der Waals surface area contributed by atoms with Gasteiger partial charge in [-0.25, -0.2) is 17.9 Å². The lowest BCUT2D eigenvalue weighted by molar-refractivity contribution is -0.122. The Labute approximate surface area is 158 Å². The SMILES string of the molecule is CN(C(=O)c1cc(S(N)(=O)=O)ccc1Br)C(C(N)=O)c1cccc(F)c1. The summed E-state index contributed by atoms with van der Waals surface area (Å²) >= 11 is 3.16. The van der Waals surface area contributed by atoms with Gasteiger partial charge in [0.2, 0.25) is 15.9 Å². The van der Waals surface area contributed by atoms with E-state index >= 15 is 0 Å². The molecule has 2 amide bonds. The number of amides is 2. The fraction of sp³-hybridized carbons (Fsp3) is 0.125. The number of nitrogens with two attached hydrogens (primary N) is 2. The predicted molar refractivity (Wildman–Crippen MR) is 95.9 cm³/mol. The maximum atomic E-state index is 13.5. The minimum atomic E-state index is -4.03. The first-order chi connectivity index (χ1) is 12.0. The van der Waals surface area contributed by atoms with Crippen LogP contribution in [0.1, 0.15) is 22.0 Å². The van der Waals surface area contributed by atoms with Gasteiger partial charge in [-0.05, 0) is 51.8 Å². The predicted octanol–water partition coefficient (Wildman–Crippen LogP) is 1.53. The molecule has 0 aliphatic heterocycles. The second-order valence-corrected chi connectivity index (χ2v) is 7.88. The Balaban J connectivity index is 2.49. The molecule has 0 heterocycles. The number of likely N-dealkylation sites (N-methyl/N-ethyl adjacent to an activating group) is 1. The molecule has 138 valence electrons. The number of nitrogens with zero attached hydrogens (tertiary/aromatic N) is 1. The van der Waals surface area contributed by atoms with Crippen LogP contribution in [0.2, 0.25) is 0 Å². The summed E-state index contributed by atoms with van der Waals surface area (Å²) in [6, 6.07) is 7.54. The summed E-state index contributed by atoms with van der Waals surface area (Å²) in [6.07, 6.45) is 0. The van der Waals surface area contributed by atoms with Crippen LogP contribution < -0.4 is 10.9 Å². The Bertz CT molecular complexity index is 981. The van der Waals surface area contributed by atoms with Crippen LogP contribution in [-0.2, 0) is 14.8 Å². The fourth-order valence-electron chi connectivity index (χ4n) is 2.41. The summed E-state index contributed by atoms with van der Waals surface area (Å²) in [7, 11) is -2.72. The normalized spacial score (nSPS) is 12.5. The van der Waals surface area contributed by atoms with Gasteiger partial charge in [-0.3, -0.25) is 9.59 Å². The second kappa shape index (κ2) is 7.52. The highest BCUT2D eigenvalue weighted by Crippen LogP contribution is 2.26. The van der Waals surface area contributed by atoms with Crippen molar-refractivity contribution < 1.29 is 22.4 Å². The van der Waals surface area contributed by atoms with Crippen molar-refractivity contribution in [1.29, 1.82) is 0 Å². The Morgan fingerprint density at radius 3 is 2.38 bits per heavy atom. The summed E-state index contributed by atoms with van der Waals surface area (Å²) in [5, 5.41) is 5.08. The molecule has 10 heteroatoms. The lowest BCUT2D eigenvalue weighted by Crippen LogP contribution is -2.39. The van der Waals surface area contributed by atoms with Crippen molar-refractivity contribution in [3.63, 3.8) is 0 Å². The molecule has 0 spiro atoms. The molecule has 0 aromatic heterocycles. The molecule has 0 saturated heterocycles. The van der Waals surface area contributed by atoms with E-state index in [2.05, 4.69) is 15.9 Å². The number of primary amides is 1. The first-order valence-electron chi connectivity index (χ1n) is 7.16. The molecule has 26 heavy (non-hydrogen) atoms. The molecule has 0 saturated carbocycles. The van der Waals surface area contributed by atoms with Gasteiger partial charge < -0.3 is 10.6 Å². The summed E-state index contributed by atoms with van der Waals surface area (Å²) in [5.41, 5.74) is 5.54. The maximum Gasteiger partial charge on any atom is 0.255 e. The van der Waals surface area contributed by atoms with E-state index in [1.165, 1.54) is 37.4 Å². The molecule has 2 rings (SSSR count). The number of primary sulfonamides is 1. The molecule has 0 aliphatic rings. The Morgan fingerprint density at radius 1 is 1.19 bits per heavy atom. The summed E-state index contributed by atoms with van der Waals surface area (Å²) in [6.45, 7) is 0. The van der Waals surface area contributed by atoms with Gasteiger partial charge in [-0.15, -0.1) is 0 Å². The van der Waals surface area contributed by atoms with Crippen molar-refractivity contribution >= 4 is 37.8 Å². The highest BCUT2D eigenvalue weighted by molar-refractivity contribution is 9.10. The molecule has 0 radical (unpaired) electrons. The number of hydrogen-bond donors (Lipinski definition) is 2. The van der Waals surface area contributed by atoms with Crippen molar-refractivity contribution in [2.24, 2.45) is 10.9 Å². The molecule has 2 aromatic rings. The molecule has 1 atom stereocenters. The van der Waals surface area contributed by atoms with Gasteiger partial charge in [0.1, 0.15) is 11.9 Å². The van der Waals surface area contributed by atoms with Crippen LogP contribution in [-0.4, -0.2) is 32.2 Å². The van der Waals surface area contributed by atoms with E-state index in [1.54, 1.807) is 0 Å². The zero-order valence-corrected chi connectivity index (χ0v) is 15.9. The summed E-state index contributed by atoms with van der Waals surface area (Å²) in [4.78, 5) is 25.4. The van der Waals surface area contributed by atoms with E-state index in [0.717, 1.165) is 17.0 Å². The van der Waals surface area contributed by atoms with Gasteiger partial charge in [-0.1, -0.05) is 12.1 Å². The molecular weight excluding hydrogens is 429 g/mol. The van der Waals surface area contributed by atoms with Gasteiger partial charge in [0, 0.05) is 11.5 Å². The van der Waals surface area contributed by atoms with Crippen LogP contribution in [0.3, 0.4) is 0 Å². The van der Waals surface area contributed by atoms with E-state index in [1.807, 2.05) is 0 Å². The minimum Gasteiger partial charge on any atom is -0.368 e. The van der Waals surface area contributed by atoms with Gasteiger partial charge in [-0.2, -0.15) is 0 Å². The average molecular weight is 444 g/mol. The third kappa shape index (κ3) is 4.26. The Kier molecular flexibility index (Phi) is 5.79. The van der Waals surface area contributed by atoms with Crippen molar-refractivity contribution in [3.8, 4) is 0 Å². The zero-order chi connectivity index (χ0) is 19.6. The monoisotopic (exact) mass is 443 g/mol. The molecular formula is C16H15BrFN3O4S. The van der Waals surface area contributed by atoms with Crippen LogP contribution >= 0.6 is 15.9 Å². The van der Waals surface area contributed by atoms with Gasteiger partial charge >= 0.3 is 0 Å². The van der Waals surface area contributed by atoms with Crippen molar-refractivity contribution in [2.75, 3.05) is 7.05 Å².